The Morgan fingerprint density at radius 3 is 2.50 bits per heavy atom. The van der Waals surface area contributed by atoms with Crippen LogP contribution in [-0.4, -0.2) is 59.0 Å². The van der Waals surface area contributed by atoms with E-state index in [2.05, 4.69) is 35.1 Å². The van der Waals surface area contributed by atoms with Gasteiger partial charge < -0.3 is 14.8 Å². The molecule has 2 aromatic heterocycles. The third-order valence-electron chi connectivity index (χ3n) is 4.59. The zero-order valence-electron chi connectivity index (χ0n) is 19.6. The Hall–Kier alpha value is -4.09. The number of aromatic amines is 1. The zero-order chi connectivity index (χ0) is 25.5. The van der Waals surface area contributed by atoms with Crippen LogP contribution in [0.2, 0.25) is 0 Å². The van der Waals surface area contributed by atoms with Gasteiger partial charge in [0.25, 0.3) is 5.56 Å². The van der Waals surface area contributed by atoms with Gasteiger partial charge in [0.05, 0.1) is 19.6 Å². The summed E-state index contributed by atoms with van der Waals surface area (Å²) in [5.74, 6) is -2.19. The lowest BCUT2D eigenvalue weighted by Gasteiger charge is -2.16. The van der Waals surface area contributed by atoms with E-state index < -0.39 is 34.9 Å². The predicted molar refractivity (Wildman–Crippen MR) is 122 cm³/mol. The first-order chi connectivity index (χ1) is 15.9. The second-order valence-electron chi connectivity index (χ2n) is 8.29. The number of nitrogens with zero attached hydrogens (tertiary/aromatic N) is 2. The summed E-state index contributed by atoms with van der Waals surface area (Å²) in [5.41, 5.74) is -0.661. The average Bonchev–Trinajstić information content (AvgIpc) is 2.79. The number of hydrogen-bond acceptors (Lipinski definition) is 9. The van der Waals surface area contributed by atoms with E-state index in [0.717, 1.165) is 6.08 Å². The lowest BCUT2D eigenvalue weighted by molar-refractivity contribution is -0.146. The van der Waals surface area contributed by atoms with E-state index in [1.165, 1.54) is 32.6 Å². The average molecular weight is 473 g/mol. The van der Waals surface area contributed by atoms with Gasteiger partial charge in [-0.05, 0) is 24.1 Å². The van der Waals surface area contributed by atoms with E-state index in [-0.39, 0.29) is 35.7 Å². The number of anilines is 1. The number of hydrogen-bond donors (Lipinski definition) is 3. The van der Waals surface area contributed by atoms with Crippen molar-refractivity contribution in [3.05, 3.63) is 34.3 Å². The zero-order valence-corrected chi connectivity index (χ0v) is 19.6. The summed E-state index contributed by atoms with van der Waals surface area (Å²) >= 11 is 0. The highest BCUT2D eigenvalue weighted by Gasteiger charge is 2.23. The summed E-state index contributed by atoms with van der Waals surface area (Å²) in [4.78, 5) is 70.8. The summed E-state index contributed by atoms with van der Waals surface area (Å²) in [6, 6.07) is 0.437. The van der Waals surface area contributed by atoms with Gasteiger partial charge in [0.2, 0.25) is 17.8 Å². The molecule has 0 aliphatic heterocycles. The van der Waals surface area contributed by atoms with Crippen LogP contribution in [0.25, 0.3) is 17.1 Å². The number of H-pyrrole nitrogens is 1. The van der Waals surface area contributed by atoms with Gasteiger partial charge in [-0.3, -0.25) is 29.5 Å². The van der Waals surface area contributed by atoms with Crippen LogP contribution in [0.3, 0.4) is 0 Å². The van der Waals surface area contributed by atoms with Gasteiger partial charge in [-0.15, -0.1) is 0 Å². The third kappa shape index (κ3) is 7.22. The summed E-state index contributed by atoms with van der Waals surface area (Å²) in [6.45, 7) is 5.17. The van der Waals surface area contributed by atoms with Crippen molar-refractivity contribution >= 4 is 46.8 Å². The monoisotopic (exact) mass is 473 g/mol. The molecule has 2 rings (SSSR count). The summed E-state index contributed by atoms with van der Waals surface area (Å²) in [7, 11) is 2.39. The minimum Gasteiger partial charge on any atom is -0.469 e. The largest absolute Gasteiger partial charge is 0.469 e. The fourth-order valence-electron chi connectivity index (χ4n) is 2.63. The molecule has 0 aliphatic carbocycles. The van der Waals surface area contributed by atoms with Crippen molar-refractivity contribution in [2.24, 2.45) is 5.41 Å². The molecule has 0 radical (unpaired) electrons. The van der Waals surface area contributed by atoms with E-state index >= 15 is 0 Å². The maximum atomic E-state index is 12.4. The molecule has 0 aromatic carbocycles. The van der Waals surface area contributed by atoms with Gasteiger partial charge in [-0.25, -0.2) is 9.78 Å². The second kappa shape index (κ2) is 11.2. The van der Waals surface area contributed by atoms with E-state index in [1.807, 2.05) is 0 Å². The van der Waals surface area contributed by atoms with Crippen LogP contribution in [-0.2, 0) is 28.7 Å². The van der Waals surface area contributed by atoms with Crippen molar-refractivity contribution in [3.8, 4) is 0 Å². The molecule has 12 heteroatoms. The third-order valence-corrected chi connectivity index (χ3v) is 4.59. The van der Waals surface area contributed by atoms with Crippen LogP contribution < -0.4 is 16.2 Å². The number of carbonyl (C=O) groups is 4. The number of methoxy groups -OCH3 is 2. The Morgan fingerprint density at radius 2 is 1.88 bits per heavy atom. The molecule has 34 heavy (non-hydrogen) atoms. The van der Waals surface area contributed by atoms with Crippen LogP contribution >= 0.6 is 0 Å². The predicted octanol–water partition coefficient (Wildman–Crippen LogP) is 0.927. The number of esters is 2. The maximum absolute atomic E-state index is 12.4. The number of amides is 2. The molecule has 0 aliphatic rings. The van der Waals surface area contributed by atoms with Gasteiger partial charge in [0, 0.05) is 24.1 Å². The summed E-state index contributed by atoms with van der Waals surface area (Å²) in [5, 5.41) is 5.15. The first kappa shape index (κ1) is 26.2. The first-order valence-electron chi connectivity index (χ1n) is 10.3. The van der Waals surface area contributed by atoms with E-state index in [1.54, 1.807) is 20.8 Å². The molecule has 0 saturated heterocycles. The first-order valence-corrected chi connectivity index (χ1v) is 10.3. The molecule has 0 unspecified atom stereocenters. The fraction of sp³-hybridized carbons (Fsp3) is 0.409. The Kier molecular flexibility index (Phi) is 8.59. The standard InChI is InChI=1S/C22H27N5O7/c1-22(2,3)20(32)27-21-25-17-13(18(30)26-21)10-12(11-23-17)6-8-15(28)24-14(19(31)34-5)7-9-16(29)33-4/h6,8,10-11,14H,7,9H2,1-5H3,(H,24,28)(H2,23,25,26,27,30,32)/t14-/m0/s1. The van der Waals surface area contributed by atoms with Gasteiger partial charge in [0.15, 0.2) is 5.65 Å². The van der Waals surface area contributed by atoms with Crippen LogP contribution in [0.1, 0.15) is 39.2 Å². The Morgan fingerprint density at radius 1 is 1.18 bits per heavy atom. The highest BCUT2D eigenvalue weighted by molar-refractivity contribution is 5.95. The van der Waals surface area contributed by atoms with E-state index in [4.69, 9.17) is 0 Å². The van der Waals surface area contributed by atoms with Crippen molar-refractivity contribution in [1.29, 1.82) is 0 Å². The van der Waals surface area contributed by atoms with Crippen LogP contribution in [0.5, 0.6) is 0 Å². The minimum atomic E-state index is -1.04. The minimum absolute atomic E-state index is 0.00554. The van der Waals surface area contributed by atoms with Gasteiger partial charge >= 0.3 is 11.9 Å². The lowest BCUT2D eigenvalue weighted by Crippen LogP contribution is -2.41. The number of fused-ring (bicyclic) bond motifs is 1. The highest BCUT2D eigenvalue weighted by Crippen LogP contribution is 2.16. The molecule has 0 saturated carbocycles. The van der Waals surface area contributed by atoms with Gasteiger partial charge in [0.1, 0.15) is 6.04 Å². The number of ether oxygens (including phenoxy) is 2. The lowest BCUT2D eigenvalue weighted by atomic mass is 9.96. The number of rotatable bonds is 8. The molecule has 0 spiro atoms. The maximum Gasteiger partial charge on any atom is 0.328 e. The number of pyridine rings is 1. The number of aromatic nitrogens is 3. The topological polar surface area (TPSA) is 169 Å². The molecule has 3 N–H and O–H groups in total. The summed E-state index contributed by atoms with van der Waals surface area (Å²) in [6.07, 6.45) is 3.86. The smallest absolute Gasteiger partial charge is 0.328 e. The molecule has 2 amide bonds. The SMILES string of the molecule is COC(=O)CC[C@H](NC(=O)C=Cc1cnc2nc(NC(=O)C(C)(C)C)[nH]c(=O)c2c1)C(=O)OC. The molecular weight excluding hydrogens is 446 g/mol. The van der Waals surface area contributed by atoms with Crippen LogP contribution in [0.15, 0.2) is 23.1 Å². The number of carbonyl (C=O) groups excluding carboxylic acids is 4. The molecule has 12 nitrogen and oxygen atoms in total. The Labute approximate surface area is 195 Å². The molecule has 1 atom stereocenters. The molecule has 0 bridgehead atoms. The van der Waals surface area contributed by atoms with Gasteiger partial charge in [-0.2, -0.15) is 4.98 Å². The van der Waals surface area contributed by atoms with Crippen molar-refractivity contribution in [2.45, 2.75) is 39.7 Å². The van der Waals surface area contributed by atoms with Gasteiger partial charge in [-0.1, -0.05) is 20.8 Å². The van der Waals surface area contributed by atoms with Crippen molar-refractivity contribution < 1.29 is 28.7 Å². The number of nitrogens with one attached hydrogen (secondary N) is 3. The fourth-order valence-corrected chi connectivity index (χ4v) is 2.63. The van der Waals surface area contributed by atoms with Crippen molar-refractivity contribution in [1.82, 2.24) is 20.3 Å². The van der Waals surface area contributed by atoms with Crippen LogP contribution in [0, 0.1) is 5.41 Å². The Bertz CT molecular complexity index is 1180. The normalized spacial score (nSPS) is 12.3. The molecule has 2 heterocycles. The quantitative estimate of drug-likeness (QED) is 0.373. The summed E-state index contributed by atoms with van der Waals surface area (Å²) < 4.78 is 9.18. The Balaban J connectivity index is 2.15. The van der Waals surface area contributed by atoms with Crippen molar-refractivity contribution in [2.75, 3.05) is 19.5 Å². The molecular formula is C22H27N5O7. The van der Waals surface area contributed by atoms with E-state index in [0.29, 0.717) is 5.56 Å². The molecule has 2 aromatic rings. The molecule has 182 valence electrons. The second-order valence-corrected chi connectivity index (χ2v) is 8.29. The highest BCUT2D eigenvalue weighted by atomic mass is 16.5. The van der Waals surface area contributed by atoms with E-state index in [9.17, 15) is 24.0 Å². The molecule has 0 fully saturated rings. The van der Waals surface area contributed by atoms with Crippen LogP contribution in [0.4, 0.5) is 5.95 Å². The van der Waals surface area contributed by atoms with Crippen molar-refractivity contribution in [3.63, 3.8) is 0 Å².